The van der Waals surface area contributed by atoms with Crippen molar-refractivity contribution in [2.45, 2.75) is 52.0 Å². The minimum absolute atomic E-state index is 0. The fourth-order valence-electron chi connectivity index (χ4n) is 2.35. The molecule has 0 aliphatic carbocycles. The molecule has 23 heavy (non-hydrogen) atoms. The van der Waals surface area contributed by atoms with Crippen molar-refractivity contribution in [3.63, 3.8) is 0 Å². The van der Waals surface area contributed by atoms with Crippen LogP contribution in [-0.4, -0.2) is 20.3 Å². The maximum absolute atomic E-state index is 5.56. The number of benzene rings is 1. The molecule has 0 radical (unpaired) electrons. The van der Waals surface area contributed by atoms with Crippen LogP contribution < -0.4 is 14.8 Å². The third-order valence-corrected chi connectivity index (χ3v) is 3.62. The summed E-state index contributed by atoms with van der Waals surface area (Å²) < 4.78 is 10.9. The standard InChI is InChI=1S/C19H31NO2.ClH/c1-4-6-7-8-9-10-13-20-16-17-11-12-18(22-14-5-2)19(15-17)21-3;/h5,11-12,15,20H,2,4,6-10,13-14,16H2,1,3H3;1H. The minimum Gasteiger partial charge on any atom is -0.493 e. The molecule has 4 heteroatoms. The Bertz CT molecular complexity index is 424. The van der Waals surface area contributed by atoms with Gasteiger partial charge in [0.15, 0.2) is 11.5 Å². The summed E-state index contributed by atoms with van der Waals surface area (Å²) in [6, 6.07) is 6.08. The quantitative estimate of drug-likeness (QED) is 0.398. The molecular formula is C19H32ClNO2. The highest BCUT2D eigenvalue weighted by Gasteiger charge is 2.05. The van der Waals surface area contributed by atoms with Crippen molar-refractivity contribution in [3.8, 4) is 11.5 Å². The number of ether oxygens (including phenoxy) is 2. The third-order valence-electron chi connectivity index (χ3n) is 3.62. The van der Waals surface area contributed by atoms with Gasteiger partial charge in [0, 0.05) is 6.54 Å². The van der Waals surface area contributed by atoms with E-state index in [0.29, 0.717) is 6.61 Å². The number of methoxy groups -OCH3 is 1. The van der Waals surface area contributed by atoms with Gasteiger partial charge in [-0.1, -0.05) is 57.7 Å². The van der Waals surface area contributed by atoms with E-state index in [4.69, 9.17) is 9.47 Å². The van der Waals surface area contributed by atoms with Gasteiger partial charge in [-0.05, 0) is 30.7 Å². The summed E-state index contributed by atoms with van der Waals surface area (Å²) in [6.07, 6.45) is 9.72. The molecule has 0 saturated carbocycles. The molecule has 0 fully saturated rings. The van der Waals surface area contributed by atoms with E-state index in [0.717, 1.165) is 24.6 Å². The van der Waals surface area contributed by atoms with E-state index < -0.39 is 0 Å². The van der Waals surface area contributed by atoms with Gasteiger partial charge >= 0.3 is 0 Å². The van der Waals surface area contributed by atoms with Crippen molar-refractivity contribution in [1.29, 1.82) is 0 Å². The molecule has 1 aromatic carbocycles. The Balaban J connectivity index is 0.00000484. The number of rotatable bonds is 13. The van der Waals surface area contributed by atoms with Crippen molar-refractivity contribution in [3.05, 3.63) is 36.4 Å². The Morgan fingerprint density at radius 1 is 1.09 bits per heavy atom. The van der Waals surface area contributed by atoms with Gasteiger partial charge in [-0.25, -0.2) is 0 Å². The normalized spacial score (nSPS) is 10.0. The smallest absolute Gasteiger partial charge is 0.161 e. The van der Waals surface area contributed by atoms with Crippen LogP contribution in [-0.2, 0) is 6.54 Å². The van der Waals surface area contributed by atoms with E-state index in [2.05, 4.69) is 24.9 Å². The van der Waals surface area contributed by atoms with Crippen molar-refractivity contribution >= 4 is 12.4 Å². The molecule has 0 spiro atoms. The SMILES string of the molecule is C=CCOc1ccc(CNCCCCCCCC)cc1OC.Cl. The molecule has 0 atom stereocenters. The second kappa shape index (κ2) is 14.4. The van der Waals surface area contributed by atoms with E-state index in [1.807, 2.05) is 12.1 Å². The molecule has 1 rings (SSSR count). The largest absolute Gasteiger partial charge is 0.493 e. The van der Waals surface area contributed by atoms with Gasteiger partial charge in [-0.2, -0.15) is 0 Å². The molecule has 0 unspecified atom stereocenters. The number of halogens is 1. The first-order valence-electron chi connectivity index (χ1n) is 8.43. The molecule has 3 nitrogen and oxygen atoms in total. The van der Waals surface area contributed by atoms with Crippen LogP contribution in [0.1, 0.15) is 51.0 Å². The van der Waals surface area contributed by atoms with Gasteiger partial charge in [-0.15, -0.1) is 12.4 Å². The molecule has 0 aliphatic heterocycles. The van der Waals surface area contributed by atoms with Crippen LogP contribution in [0.5, 0.6) is 11.5 Å². The summed E-state index contributed by atoms with van der Waals surface area (Å²) in [4.78, 5) is 0. The third kappa shape index (κ3) is 9.52. The summed E-state index contributed by atoms with van der Waals surface area (Å²) in [5, 5.41) is 3.49. The summed E-state index contributed by atoms with van der Waals surface area (Å²) in [6.45, 7) is 8.34. The van der Waals surface area contributed by atoms with Crippen LogP contribution in [0.25, 0.3) is 0 Å². The summed E-state index contributed by atoms with van der Waals surface area (Å²) in [5.41, 5.74) is 1.22. The van der Waals surface area contributed by atoms with Crippen LogP contribution in [0, 0.1) is 0 Å². The van der Waals surface area contributed by atoms with Gasteiger partial charge in [0.2, 0.25) is 0 Å². The topological polar surface area (TPSA) is 30.5 Å². The zero-order chi connectivity index (χ0) is 16.0. The molecule has 0 heterocycles. The maximum atomic E-state index is 5.56. The molecule has 0 bridgehead atoms. The average molecular weight is 342 g/mol. The second-order valence-corrected chi connectivity index (χ2v) is 5.53. The van der Waals surface area contributed by atoms with Crippen molar-refractivity contribution in [1.82, 2.24) is 5.32 Å². The molecule has 0 amide bonds. The van der Waals surface area contributed by atoms with Crippen molar-refractivity contribution in [2.75, 3.05) is 20.3 Å². The zero-order valence-corrected chi connectivity index (χ0v) is 15.4. The fourth-order valence-corrected chi connectivity index (χ4v) is 2.35. The van der Waals surface area contributed by atoms with Crippen LogP contribution in [0.2, 0.25) is 0 Å². The Labute approximate surface area is 147 Å². The molecule has 1 aromatic rings. The lowest BCUT2D eigenvalue weighted by atomic mass is 10.1. The Kier molecular flexibility index (Phi) is 13.7. The number of unbranched alkanes of at least 4 members (excludes halogenated alkanes) is 5. The first-order chi connectivity index (χ1) is 10.8. The van der Waals surface area contributed by atoms with Crippen molar-refractivity contribution in [2.24, 2.45) is 0 Å². The van der Waals surface area contributed by atoms with Gasteiger partial charge < -0.3 is 14.8 Å². The summed E-state index contributed by atoms with van der Waals surface area (Å²) in [5.74, 6) is 1.54. The van der Waals surface area contributed by atoms with E-state index in [1.54, 1.807) is 13.2 Å². The van der Waals surface area contributed by atoms with Gasteiger partial charge in [0.05, 0.1) is 7.11 Å². The molecule has 0 aliphatic rings. The predicted octanol–water partition coefficient (Wildman–Crippen LogP) is 5.13. The summed E-state index contributed by atoms with van der Waals surface area (Å²) >= 11 is 0. The van der Waals surface area contributed by atoms with E-state index >= 15 is 0 Å². The van der Waals surface area contributed by atoms with Crippen LogP contribution in [0.15, 0.2) is 30.9 Å². The Morgan fingerprint density at radius 2 is 1.83 bits per heavy atom. The average Bonchev–Trinajstić information content (AvgIpc) is 2.55. The fraction of sp³-hybridized carbons (Fsp3) is 0.579. The highest BCUT2D eigenvalue weighted by Crippen LogP contribution is 2.28. The maximum Gasteiger partial charge on any atom is 0.161 e. The Hall–Kier alpha value is -1.19. The minimum atomic E-state index is 0. The molecule has 0 aromatic heterocycles. The highest BCUT2D eigenvalue weighted by molar-refractivity contribution is 5.85. The number of nitrogens with one attached hydrogen (secondary N) is 1. The lowest BCUT2D eigenvalue weighted by molar-refractivity contribution is 0.326. The van der Waals surface area contributed by atoms with Gasteiger partial charge in [0.1, 0.15) is 6.61 Å². The van der Waals surface area contributed by atoms with E-state index in [1.165, 1.54) is 44.1 Å². The number of hydrogen-bond donors (Lipinski definition) is 1. The second-order valence-electron chi connectivity index (χ2n) is 5.53. The van der Waals surface area contributed by atoms with Crippen molar-refractivity contribution < 1.29 is 9.47 Å². The molecule has 0 saturated heterocycles. The Morgan fingerprint density at radius 3 is 2.52 bits per heavy atom. The first kappa shape index (κ1) is 21.8. The van der Waals surface area contributed by atoms with Crippen LogP contribution in [0.4, 0.5) is 0 Å². The highest BCUT2D eigenvalue weighted by atomic mass is 35.5. The zero-order valence-electron chi connectivity index (χ0n) is 14.6. The summed E-state index contributed by atoms with van der Waals surface area (Å²) in [7, 11) is 1.67. The van der Waals surface area contributed by atoms with Gasteiger partial charge in [-0.3, -0.25) is 0 Å². The molecule has 1 N–H and O–H groups in total. The van der Waals surface area contributed by atoms with E-state index in [-0.39, 0.29) is 12.4 Å². The predicted molar refractivity (Wildman–Crippen MR) is 101 cm³/mol. The molecular weight excluding hydrogens is 310 g/mol. The lowest BCUT2D eigenvalue weighted by Crippen LogP contribution is -2.14. The van der Waals surface area contributed by atoms with Crippen LogP contribution >= 0.6 is 12.4 Å². The lowest BCUT2D eigenvalue weighted by Gasteiger charge is -2.11. The molecule has 132 valence electrons. The number of hydrogen-bond acceptors (Lipinski definition) is 3. The van der Waals surface area contributed by atoms with E-state index in [9.17, 15) is 0 Å². The first-order valence-corrected chi connectivity index (χ1v) is 8.43. The van der Waals surface area contributed by atoms with Crippen LogP contribution in [0.3, 0.4) is 0 Å². The van der Waals surface area contributed by atoms with Gasteiger partial charge in [0.25, 0.3) is 0 Å². The monoisotopic (exact) mass is 341 g/mol.